The number of benzene rings is 3. The molecule has 2 N–H and O–H groups in total. The van der Waals surface area contributed by atoms with Crippen molar-refractivity contribution in [3.63, 3.8) is 0 Å². The van der Waals surface area contributed by atoms with Gasteiger partial charge in [0.1, 0.15) is 11.3 Å². The van der Waals surface area contributed by atoms with Gasteiger partial charge in [-0.3, -0.25) is 29.8 Å². The number of hydrogen-bond acceptors (Lipinski definition) is 7. The highest BCUT2D eigenvalue weighted by molar-refractivity contribution is 6.39. The molecule has 0 aromatic heterocycles. The number of nitro groups is 1. The highest BCUT2D eigenvalue weighted by Crippen LogP contribution is 2.29. The van der Waals surface area contributed by atoms with Crippen LogP contribution >= 0.6 is 23.2 Å². The van der Waals surface area contributed by atoms with Crippen molar-refractivity contribution in [1.29, 1.82) is 0 Å². The number of anilines is 2. The molecule has 0 spiro atoms. The lowest BCUT2D eigenvalue weighted by atomic mass is 10.1. The Labute approximate surface area is 224 Å². The molecule has 0 unspecified atom stereocenters. The van der Waals surface area contributed by atoms with Crippen molar-refractivity contribution < 1.29 is 28.8 Å². The highest BCUT2D eigenvalue weighted by atomic mass is 35.5. The molecule has 4 rings (SSSR count). The van der Waals surface area contributed by atoms with E-state index in [9.17, 15) is 29.3 Å². The fourth-order valence-corrected chi connectivity index (χ4v) is 3.85. The number of rotatable bonds is 7. The lowest BCUT2D eigenvalue weighted by molar-refractivity contribution is -0.384. The number of imide groups is 2. The van der Waals surface area contributed by atoms with Crippen LogP contribution in [0.15, 0.2) is 72.3 Å². The summed E-state index contributed by atoms with van der Waals surface area (Å²) >= 11 is 12.3. The number of nitrogens with one attached hydrogen (secondary N) is 2. The molecule has 38 heavy (non-hydrogen) atoms. The van der Waals surface area contributed by atoms with Gasteiger partial charge in [-0.25, -0.2) is 9.69 Å². The van der Waals surface area contributed by atoms with Gasteiger partial charge in [-0.2, -0.15) is 0 Å². The maximum Gasteiger partial charge on any atom is 0.335 e. The van der Waals surface area contributed by atoms with Gasteiger partial charge in [0.15, 0.2) is 6.61 Å². The summed E-state index contributed by atoms with van der Waals surface area (Å²) in [5, 5.41) is 16.2. The van der Waals surface area contributed by atoms with Gasteiger partial charge in [0.05, 0.1) is 26.3 Å². The lowest BCUT2D eigenvalue weighted by Crippen LogP contribution is -2.54. The quantitative estimate of drug-likeness (QED) is 0.188. The zero-order chi connectivity index (χ0) is 27.4. The number of hydrogen-bond donors (Lipinski definition) is 2. The zero-order valence-corrected chi connectivity index (χ0v) is 20.7. The minimum Gasteiger partial charge on any atom is -0.482 e. The Morgan fingerprint density at radius 1 is 1.03 bits per heavy atom. The van der Waals surface area contributed by atoms with Gasteiger partial charge < -0.3 is 10.1 Å². The Balaban J connectivity index is 1.50. The standard InChI is InChI=1S/C25H16Cl2N4O7/c26-18-6-1-2-7-20(18)28-22(32)13-38-21-9-8-14(11-19(21)27)10-17-23(33)29-25(35)30(24(17)34)15-4-3-5-16(12-15)31(36)37/h1-12H,13H2,(H,28,32)(H,29,33,35)/b17-10-. The van der Waals surface area contributed by atoms with Crippen molar-refractivity contribution in [3.8, 4) is 5.75 Å². The third-order valence-corrected chi connectivity index (χ3v) is 5.80. The minimum absolute atomic E-state index is 0.0835. The topological polar surface area (TPSA) is 148 Å². The molecule has 1 fully saturated rings. The largest absolute Gasteiger partial charge is 0.482 e. The molecule has 1 heterocycles. The number of ether oxygens (including phenoxy) is 1. The average molecular weight is 555 g/mol. The predicted molar refractivity (Wildman–Crippen MR) is 139 cm³/mol. The normalized spacial score (nSPS) is 14.3. The summed E-state index contributed by atoms with van der Waals surface area (Å²) < 4.78 is 5.46. The third-order valence-electron chi connectivity index (χ3n) is 5.17. The zero-order valence-electron chi connectivity index (χ0n) is 19.1. The van der Waals surface area contributed by atoms with Crippen molar-refractivity contribution in [2.45, 2.75) is 0 Å². The number of barbiturate groups is 1. The van der Waals surface area contributed by atoms with Crippen LogP contribution < -0.4 is 20.3 Å². The summed E-state index contributed by atoms with van der Waals surface area (Å²) in [5.74, 6) is -2.24. The molecule has 1 aliphatic heterocycles. The Hall–Kier alpha value is -4.74. The summed E-state index contributed by atoms with van der Waals surface area (Å²) in [7, 11) is 0. The number of carbonyl (C=O) groups excluding carboxylic acids is 4. The van der Waals surface area contributed by atoms with Crippen molar-refractivity contribution in [1.82, 2.24) is 5.32 Å². The summed E-state index contributed by atoms with van der Waals surface area (Å²) in [6, 6.07) is 14.8. The van der Waals surface area contributed by atoms with Crippen LogP contribution in [-0.4, -0.2) is 35.3 Å². The van der Waals surface area contributed by atoms with Gasteiger partial charge in [0, 0.05) is 12.1 Å². The maximum absolute atomic E-state index is 13.0. The maximum atomic E-state index is 13.0. The van der Waals surface area contributed by atoms with E-state index >= 15 is 0 Å². The van der Waals surface area contributed by atoms with Crippen LogP contribution in [0.1, 0.15) is 5.56 Å². The Kier molecular flexibility index (Phi) is 7.70. The van der Waals surface area contributed by atoms with E-state index in [-0.39, 0.29) is 28.8 Å². The van der Waals surface area contributed by atoms with Crippen LogP contribution in [0.25, 0.3) is 6.08 Å². The van der Waals surface area contributed by atoms with Crippen LogP contribution in [-0.2, 0) is 14.4 Å². The molecule has 11 nitrogen and oxygen atoms in total. The van der Waals surface area contributed by atoms with Gasteiger partial charge in [0.25, 0.3) is 23.4 Å². The molecule has 0 saturated carbocycles. The SMILES string of the molecule is O=C(COc1ccc(/C=C2/C(=O)NC(=O)N(c3cccc([N+](=O)[O-])c3)C2=O)cc1Cl)Nc1ccccc1Cl. The van der Waals surface area contributed by atoms with Crippen molar-refractivity contribution in [2.75, 3.05) is 16.8 Å². The fraction of sp³-hybridized carbons (Fsp3) is 0.0400. The van der Waals surface area contributed by atoms with E-state index in [1.165, 1.54) is 42.5 Å². The Bertz CT molecular complexity index is 1520. The van der Waals surface area contributed by atoms with Gasteiger partial charge >= 0.3 is 6.03 Å². The van der Waals surface area contributed by atoms with E-state index in [0.29, 0.717) is 21.2 Å². The Morgan fingerprint density at radius 3 is 2.50 bits per heavy atom. The monoisotopic (exact) mass is 554 g/mol. The van der Waals surface area contributed by atoms with Crippen molar-refractivity contribution in [2.24, 2.45) is 0 Å². The van der Waals surface area contributed by atoms with Crippen molar-refractivity contribution in [3.05, 3.63) is 98.0 Å². The van der Waals surface area contributed by atoms with Gasteiger partial charge in [0.2, 0.25) is 0 Å². The van der Waals surface area contributed by atoms with Crippen LogP contribution in [0.4, 0.5) is 21.9 Å². The highest BCUT2D eigenvalue weighted by Gasteiger charge is 2.37. The second-order valence-electron chi connectivity index (χ2n) is 7.74. The predicted octanol–water partition coefficient (Wildman–Crippen LogP) is 4.59. The molecule has 3 aromatic carbocycles. The molecule has 5 amide bonds. The molecule has 0 atom stereocenters. The number of nitro benzene ring substituents is 1. The van der Waals surface area contributed by atoms with Gasteiger partial charge in [-0.1, -0.05) is 47.5 Å². The summed E-state index contributed by atoms with van der Waals surface area (Å²) in [4.78, 5) is 61.0. The number of nitrogens with zero attached hydrogens (tertiary/aromatic N) is 2. The summed E-state index contributed by atoms with van der Waals surface area (Å²) in [6.45, 7) is -0.368. The van der Waals surface area contributed by atoms with Crippen LogP contribution in [0, 0.1) is 10.1 Å². The number of non-ortho nitro benzene ring substituents is 1. The van der Waals surface area contributed by atoms with Crippen molar-refractivity contribution >= 4 is 70.1 Å². The smallest absolute Gasteiger partial charge is 0.335 e. The molecule has 0 radical (unpaired) electrons. The van der Waals surface area contributed by atoms with E-state index in [0.717, 1.165) is 6.07 Å². The summed E-state index contributed by atoms with van der Waals surface area (Å²) in [6.07, 6.45) is 1.20. The van der Waals surface area contributed by atoms with Crippen LogP contribution in [0.3, 0.4) is 0 Å². The third kappa shape index (κ3) is 5.80. The first-order chi connectivity index (χ1) is 18.1. The van der Waals surface area contributed by atoms with Gasteiger partial charge in [-0.05, 0) is 42.0 Å². The second kappa shape index (κ2) is 11.1. The molecule has 0 bridgehead atoms. The summed E-state index contributed by atoms with van der Waals surface area (Å²) in [5.41, 5.74) is -0.0936. The average Bonchev–Trinajstić information content (AvgIpc) is 2.87. The number of urea groups is 1. The molecule has 1 aliphatic rings. The molecule has 3 aromatic rings. The first-order valence-corrected chi connectivity index (χ1v) is 11.5. The second-order valence-corrected chi connectivity index (χ2v) is 8.56. The van der Waals surface area contributed by atoms with Crippen LogP contribution in [0.5, 0.6) is 5.75 Å². The first-order valence-electron chi connectivity index (χ1n) is 10.8. The Morgan fingerprint density at radius 2 is 1.79 bits per heavy atom. The molecule has 0 aliphatic carbocycles. The minimum atomic E-state index is -1.05. The van der Waals surface area contributed by atoms with E-state index in [4.69, 9.17) is 27.9 Å². The number of halogens is 2. The van der Waals surface area contributed by atoms with Gasteiger partial charge in [-0.15, -0.1) is 0 Å². The van der Waals surface area contributed by atoms with E-state index in [2.05, 4.69) is 5.32 Å². The first kappa shape index (κ1) is 26.3. The lowest BCUT2D eigenvalue weighted by Gasteiger charge is -2.26. The molecule has 13 heteroatoms. The molecular formula is C25H16Cl2N4O7. The number of para-hydroxylation sites is 1. The van der Waals surface area contributed by atoms with Crippen LogP contribution in [0.2, 0.25) is 10.0 Å². The number of amides is 5. The molecular weight excluding hydrogens is 539 g/mol. The van der Waals surface area contributed by atoms with E-state index in [1.807, 2.05) is 5.32 Å². The van der Waals surface area contributed by atoms with E-state index in [1.54, 1.807) is 24.3 Å². The number of carbonyl (C=O) groups is 4. The molecule has 192 valence electrons. The fourth-order valence-electron chi connectivity index (χ4n) is 3.42. The van der Waals surface area contributed by atoms with E-state index < -0.39 is 34.2 Å². The molecule has 1 saturated heterocycles.